The van der Waals surface area contributed by atoms with Gasteiger partial charge in [0.25, 0.3) is 0 Å². The summed E-state index contributed by atoms with van der Waals surface area (Å²) in [4.78, 5) is 17.8. The third kappa shape index (κ3) is 0.603. The van der Waals surface area contributed by atoms with Gasteiger partial charge in [-0.15, -0.1) is 0 Å². The molecule has 0 bridgehead atoms. The molecule has 0 saturated heterocycles. The number of allylic oxidation sites excluding steroid dienone is 1. The number of imidazole rings is 1. The molecule has 2 rings (SSSR count). The van der Waals surface area contributed by atoms with Gasteiger partial charge in [0.2, 0.25) is 0 Å². The molecule has 0 radical (unpaired) electrons. The Kier molecular flexibility index (Phi) is 0.974. The first-order valence-corrected chi connectivity index (χ1v) is 3.11. The fourth-order valence-electron chi connectivity index (χ4n) is 1.03. The van der Waals surface area contributed by atoms with Crippen molar-refractivity contribution in [2.24, 2.45) is 0 Å². The van der Waals surface area contributed by atoms with E-state index in [0.29, 0.717) is 12.1 Å². The smallest absolute Gasteiger partial charge is 0.187 e. The molecule has 0 aromatic carbocycles. The van der Waals surface area contributed by atoms with Gasteiger partial charge in [0, 0.05) is 6.42 Å². The number of rotatable bonds is 0. The molecular formula is C7H6N2O. The number of carbonyl (C=O) groups excluding carboxylic acids is 1. The predicted molar refractivity (Wildman–Crippen MR) is 36.6 cm³/mol. The van der Waals surface area contributed by atoms with E-state index in [0.717, 1.165) is 5.69 Å². The van der Waals surface area contributed by atoms with Crippen molar-refractivity contribution < 1.29 is 4.79 Å². The van der Waals surface area contributed by atoms with Gasteiger partial charge >= 0.3 is 0 Å². The molecule has 1 aliphatic rings. The number of Topliss-reactive ketones (excluding diaryl/α,β-unsaturated/α-hetero) is 1. The zero-order valence-electron chi connectivity index (χ0n) is 5.29. The fraction of sp³-hybridized carbons (Fsp3) is 0.143. The van der Waals surface area contributed by atoms with E-state index in [2.05, 4.69) is 9.97 Å². The van der Waals surface area contributed by atoms with Crippen LogP contribution in [0, 0.1) is 0 Å². The van der Waals surface area contributed by atoms with Gasteiger partial charge in [0.1, 0.15) is 5.69 Å². The molecule has 0 atom stereocenters. The Hall–Kier alpha value is -1.38. The highest BCUT2D eigenvalue weighted by Crippen LogP contribution is 2.13. The molecule has 3 nitrogen and oxygen atoms in total. The van der Waals surface area contributed by atoms with E-state index in [4.69, 9.17) is 0 Å². The molecule has 1 N–H and O–H groups in total. The summed E-state index contributed by atoms with van der Waals surface area (Å²) in [5.74, 6) is 0.0961. The molecule has 3 heteroatoms. The van der Waals surface area contributed by atoms with Crippen molar-refractivity contribution in [3.8, 4) is 0 Å². The van der Waals surface area contributed by atoms with Gasteiger partial charge in [-0.05, 0) is 6.08 Å². The summed E-state index contributed by atoms with van der Waals surface area (Å²) in [5, 5.41) is 0. The molecule has 0 spiro atoms. The van der Waals surface area contributed by atoms with E-state index in [1.807, 2.05) is 12.2 Å². The van der Waals surface area contributed by atoms with Crippen LogP contribution in [0.5, 0.6) is 0 Å². The largest absolute Gasteiger partial charge is 0.344 e. The van der Waals surface area contributed by atoms with E-state index >= 15 is 0 Å². The lowest BCUT2D eigenvalue weighted by atomic mass is 10.1. The minimum atomic E-state index is 0.0961. The second-order valence-corrected chi connectivity index (χ2v) is 2.19. The maximum atomic E-state index is 11.0. The first-order chi connectivity index (χ1) is 4.88. The van der Waals surface area contributed by atoms with Crippen LogP contribution in [0.2, 0.25) is 0 Å². The SMILES string of the molecule is O=C1CC=Cc2[nH]cnc21. The van der Waals surface area contributed by atoms with Crippen molar-refractivity contribution >= 4 is 11.9 Å². The summed E-state index contributed by atoms with van der Waals surface area (Å²) in [6.45, 7) is 0. The van der Waals surface area contributed by atoms with Crippen LogP contribution in [-0.4, -0.2) is 15.8 Å². The van der Waals surface area contributed by atoms with Gasteiger partial charge in [-0.1, -0.05) is 6.08 Å². The molecule has 0 fully saturated rings. The second-order valence-electron chi connectivity index (χ2n) is 2.19. The first kappa shape index (κ1) is 5.41. The standard InChI is InChI=1S/C7H6N2O/c10-6-3-1-2-5-7(6)9-4-8-5/h1-2,4H,3H2,(H,8,9). The number of aromatic nitrogens is 2. The Morgan fingerprint density at radius 2 is 2.50 bits per heavy atom. The Labute approximate surface area is 57.8 Å². The minimum Gasteiger partial charge on any atom is -0.344 e. The van der Waals surface area contributed by atoms with Crippen LogP contribution < -0.4 is 0 Å². The number of nitrogens with one attached hydrogen (secondary N) is 1. The summed E-state index contributed by atoms with van der Waals surface area (Å²) in [6, 6.07) is 0. The van der Waals surface area contributed by atoms with Crippen molar-refractivity contribution in [1.29, 1.82) is 0 Å². The molecule has 1 heterocycles. The molecule has 1 aromatic heterocycles. The number of hydrogen-bond acceptors (Lipinski definition) is 2. The zero-order chi connectivity index (χ0) is 6.97. The van der Waals surface area contributed by atoms with Crippen LogP contribution in [0.3, 0.4) is 0 Å². The average molecular weight is 134 g/mol. The van der Waals surface area contributed by atoms with Crippen LogP contribution in [0.15, 0.2) is 12.4 Å². The number of nitrogens with zero attached hydrogens (tertiary/aromatic N) is 1. The molecule has 0 amide bonds. The molecule has 50 valence electrons. The Balaban J connectivity index is 2.62. The van der Waals surface area contributed by atoms with Gasteiger partial charge < -0.3 is 4.98 Å². The molecule has 10 heavy (non-hydrogen) atoms. The number of ketones is 1. The number of hydrogen-bond donors (Lipinski definition) is 1. The Morgan fingerprint density at radius 1 is 1.60 bits per heavy atom. The van der Waals surface area contributed by atoms with Gasteiger partial charge in [-0.2, -0.15) is 0 Å². The van der Waals surface area contributed by atoms with Crippen LogP contribution in [0.1, 0.15) is 22.6 Å². The number of H-pyrrole nitrogens is 1. The lowest BCUT2D eigenvalue weighted by Gasteiger charge is -1.99. The molecule has 0 unspecified atom stereocenters. The minimum absolute atomic E-state index is 0.0961. The summed E-state index contributed by atoms with van der Waals surface area (Å²) >= 11 is 0. The van der Waals surface area contributed by atoms with Crippen molar-refractivity contribution in [3.05, 3.63) is 23.8 Å². The Morgan fingerprint density at radius 3 is 3.30 bits per heavy atom. The highest BCUT2D eigenvalue weighted by molar-refractivity contribution is 6.00. The number of fused-ring (bicyclic) bond motifs is 1. The lowest BCUT2D eigenvalue weighted by Crippen LogP contribution is -2.03. The van der Waals surface area contributed by atoms with Gasteiger partial charge in [-0.25, -0.2) is 4.98 Å². The number of aromatic amines is 1. The number of carbonyl (C=O) groups is 1. The van der Waals surface area contributed by atoms with E-state index in [1.54, 1.807) is 0 Å². The third-order valence-electron chi connectivity index (χ3n) is 1.52. The third-order valence-corrected chi connectivity index (χ3v) is 1.52. The van der Waals surface area contributed by atoms with E-state index < -0.39 is 0 Å². The second kappa shape index (κ2) is 1.80. The summed E-state index contributed by atoms with van der Waals surface area (Å²) in [5.41, 5.74) is 1.40. The van der Waals surface area contributed by atoms with Crippen molar-refractivity contribution in [2.75, 3.05) is 0 Å². The average Bonchev–Trinajstić information content (AvgIpc) is 2.36. The highest BCUT2D eigenvalue weighted by atomic mass is 16.1. The summed E-state index contributed by atoms with van der Waals surface area (Å²) < 4.78 is 0. The van der Waals surface area contributed by atoms with Crippen LogP contribution in [0.4, 0.5) is 0 Å². The maximum Gasteiger partial charge on any atom is 0.187 e. The van der Waals surface area contributed by atoms with Gasteiger partial charge in [0.15, 0.2) is 5.78 Å². The van der Waals surface area contributed by atoms with E-state index in [-0.39, 0.29) is 5.78 Å². The fourth-order valence-corrected chi connectivity index (χ4v) is 1.03. The van der Waals surface area contributed by atoms with Crippen LogP contribution in [-0.2, 0) is 0 Å². The molecule has 1 aromatic rings. The summed E-state index contributed by atoms with van der Waals surface area (Å²) in [7, 11) is 0. The van der Waals surface area contributed by atoms with Crippen molar-refractivity contribution in [1.82, 2.24) is 9.97 Å². The van der Waals surface area contributed by atoms with Gasteiger partial charge in [-0.3, -0.25) is 4.79 Å². The first-order valence-electron chi connectivity index (χ1n) is 3.11. The van der Waals surface area contributed by atoms with E-state index in [1.165, 1.54) is 6.33 Å². The van der Waals surface area contributed by atoms with Crippen molar-refractivity contribution in [3.63, 3.8) is 0 Å². The van der Waals surface area contributed by atoms with Crippen molar-refractivity contribution in [2.45, 2.75) is 6.42 Å². The molecule has 1 aliphatic carbocycles. The highest BCUT2D eigenvalue weighted by Gasteiger charge is 2.14. The van der Waals surface area contributed by atoms with E-state index in [9.17, 15) is 4.79 Å². The quantitative estimate of drug-likeness (QED) is 0.575. The lowest BCUT2D eigenvalue weighted by molar-refractivity contribution is 0.0990. The maximum absolute atomic E-state index is 11.0. The normalized spacial score (nSPS) is 15.4. The summed E-state index contributed by atoms with van der Waals surface area (Å²) in [6.07, 6.45) is 5.74. The van der Waals surface area contributed by atoms with Crippen LogP contribution in [0.25, 0.3) is 6.08 Å². The molecule has 0 saturated carbocycles. The zero-order valence-corrected chi connectivity index (χ0v) is 5.29. The monoisotopic (exact) mass is 134 g/mol. The Bertz CT molecular complexity index is 298. The predicted octanol–water partition coefficient (Wildman–Crippen LogP) is 1.01. The molecule has 0 aliphatic heterocycles. The topological polar surface area (TPSA) is 45.8 Å². The van der Waals surface area contributed by atoms with Gasteiger partial charge in [0.05, 0.1) is 12.0 Å². The van der Waals surface area contributed by atoms with Crippen LogP contribution >= 0.6 is 0 Å². The molecular weight excluding hydrogens is 128 g/mol.